The normalized spacial score (nSPS) is 11.8. The summed E-state index contributed by atoms with van der Waals surface area (Å²) < 4.78 is 0. The van der Waals surface area contributed by atoms with Crippen LogP contribution in [0.15, 0.2) is 85.1 Å². The third-order valence-electron chi connectivity index (χ3n) is 6.29. The number of nitrogens with zero attached hydrogens (tertiary/aromatic N) is 1. The Labute approximate surface area is 221 Å². The smallest absolute Gasteiger partial charge is 0.0372 e. The molecule has 1 nitrogen and oxygen atoms in total. The molecule has 0 saturated carbocycles. The zero-order valence-electron chi connectivity index (χ0n) is 24.5. The van der Waals surface area contributed by atoms with Gasteiger partial charge >= 0.3 is 0 Å². The van der Waals surface area contributed by atoms with Gasteiger partial charge in [-0.2, -0.15) is 0 Å². The number of hydrogen-bond donors (Lipinski definition) is 0. The van der Waals surface area contributed by atoms with Crippen molar-refractivity contribution in [2.75, 3.05) is 0 Å². The van der Waals surface area contributed by atoms with Gasteiger partial charge in [-0.3, -0.25) is 4.98 Å². The number of pyridine rings is 1. The van der Waals surface area contributed by atoms with Crippen LogP contribution in [0.4, 0.5) is 0 Å². The lowest BCUT2D eigenvalue weighted by Crippen LogP contribution is -2.11. The minimum absolute atomic E-state index is 0.223. The van der Waals surface area contributed by atoms with Crippen LogP contribution in [-0.2, 0) is 16.2 Å². The van der Waals surface area contributed by atoms with Crippen LogP contribution in [0.2, 0.25) is 0 Å². The lowest BCUT2D eigenvalue weighted by atomic mass is 9.84. The largest absolute Gasteiger partial charge is 0.261 e. The predicted octanol–water partition coefficient (Wildman–Crippen LogP) is 10.1. The van der Waals surface area contributed by atoms with Gasteiger partial charge in [-0.1, -0.05) is 141 Å². The molecule has 1 heteroatoms. The summed E-state index contributed by atoms with van der Waals surface area (Å²) in [4.78, 5) is 4.25. The molecule has 0 bridgehead atoms. The molecule has 0 radical (unpaired) electrons. The molecule has 3 aromatic carbocycles. The minimum atomic E-state index is 0.223. The van der Waals surface area contributed by atoms with Gasteiger partial charge in [0.25, 0.3) is 0 Å². The fourth-order valence-electron chi connectivity index (χ4n) is 3.84. The molecule has 4 rings (SSSR count). The van der Waals surface area contributed by atoms with Crippen LogP contribution in [-0.4, -0.2) is 4.98 Å². The molecule has 0 fully saturated rings. The molecule has 0 aliphatic carbocycles. The highest BCUT2D eigenvalue weighted by atomic mass is 14.7. The van der Waals surface area contributed by atoms with E-state index in [4.69, 9.17) is 0 Å². The van der Waals surface area contributed by atoms with E-state index in [9.17, 15) is 0 Å². The molecule has 4 aromatic rings. The zero-order valence-corrected chi connectivity index (χ0v) is 24.5. The Kier molecular flexibility index (Phi) is 9.66. The summed E-state index contributed by atoms with van der Waals surface area (Å²) in [6.07, 6.45) is 1.95. The molecule has 1 aromatic heterocycles. The molecule has 0 N–H and O–H groups in total. The van der Waals surface area contributed by atoms with Gasteiger partial charge in [0, 0.05) is 11.9 Å². The molecule has 0 spiro atoms. The van der Waals surface area contributed by atoms with Crippen LogP contribution < -0.4 is 0 Å². The van der Waals surface area contributed by atoms with E-state index in [1.54, 1.807) is 0 Å². The fourth-order valence-corrected chi connectivity index (χ4v) is 3.84. The Balaban J connectivity index is 0.000000193. The Morgan fingerprint density at radius 1 is 0.500 bits per heavy atom. The van der Waals surface area contributed by atoms with Gasteiger partial charge in [0.2, 0.25) is 0 Å². The molecular formula is C35H47N. The van der Waals surface area contributed by atoms with Crippen molar-refractivity contribution in [1.29, 1.82) is 0 Å². The summed E-state index contributed by atoms with van der Waals surface area (Å²) in [6, 6.07) is 28.1. The minimum Gasteiger partial charge on any atom is -0.261 e. The Morgan fingerprint density at radius 3 is 1.53 bits per heavy atom. The van der Waals surface area contributed by atoms with Crippen molar-refractivity contribution in [2.45, 2.75) is 92.4 Å². The quantitative estimate of drug-likeness (QED) is 0.243. The average molecular weight is 482 g/mol. The molecule has 0 aliphatic heterocycles. The summed E-state index contributed by atoms with van der Waals surface area (Å²) in [5.74, 6) is 0. The van der Waals surface area contributed by atoms with Crippen molar-refractivity contribution in [3.63, 3.8) is 0 Å². The second-order valence-corrected chi connectivity index (χ2v) is 12.8. The zero-order chi connectivity index (χ0) is 27.1. The summed E-state index contributed by atoms with van der Waals surface area (Å²) in [6.45, 7) is 24.2. The van der Waals surface area contributed by atoms with Crippen molar-refractivity contribution in [3.05, 3.63) is 113 Å². The van der Waals surface area contributed by atoms with Crippen LogP contribution in [0, 0.1) is 13.8 Å². The van der Waals surface area contributed by atoms with Crippen LogP contribution in [0.25, 0.3) is 10.8 Å². The molecule has 0 atom stereocenters. The summed E-state index contributed by atoms with van der Waals surface area (Å²) in [5, 5.41) is 2.71. The third-order valence-corrected chi connectivity index (χ3v) is 6.29. The molecular weight excluding hydrogens is 434 g/mol. The summed E-state index contributed by atoms with van der Waals surface area (Å²) in [5.41, 5.74) is 7.27. The maximum absolute atomic E-state index is 4.25. The maximum atomic E-state index is 4.25. The molecule has 0 saturated heterocycles. The monoisotopic (exact) mass is 481 g/mol. The lowest BCUT2D eigenvalue weighted by molar-refractivity contribution is 0.587. The third kappa shape index (κ3) is 8.94. The SMILES string of the molecule is CC(C)(C)c1cccc2ccccc12.Cc1ccc(C(C)(C)C)cc1.Cc1ccc(C(C)(C)C)cn1. The van der Waals surface area contributed by atoms with Gasteiger partial charge in [0.1, 0.15) is 0 Å². The van der Waals surface area contributed by atoms with E-state index in [2.05, 4.69) is 153 Å². The first-order valence-electron chi connectivity index (χ1n) is 13.1. The number of fused-ring (bicyclic) bond motifs is 1. The van der Waals surface area contributed by atoms with Gasteiger partial charge in [-0.25, -0.2) is 0 Å². The van der Waals surface area contributed by atoms with Crippen molar-refractivity contribution in [3.8, 4) is 0 Å². The second-order valence-electron chi connectivity index (χ2n) is 12.8. The number of hydrogen-bond acceptors (Lipinski definition) is 1. The summed E-state index contributed by atoms with van der Waals surface area (Å²) >= 11 is 0. The van der Waals surface area contributed by atoms with E-state index in [-0.39, 0.29) is 16.2 Å². The van der Waals surface area contributed by atoms with Gasteiger partial charge < -0.3 is 0 Å². The van der Waals surface area contributed by atoms with Gasteiger partial charge in [0.15, 0.2) is 0 Å². The number of benzene rings is 3. The molecule has 0 unspecified atom stereocenters. The topological polar surface area (TPSA) is 12.9 Å². The first kappa shape index (κ1) is 29.3. The molecule has 1 heterocycles. The molecule has 0 aliphatic rings. The average Bonchev–Trinajstić information content (AvgIpc) is 2.78. The molecule has 192 valence electrons. The number of aryl methyl sites for hydroxylation is 2. The summed E-state index contributed by atoms with van der Waals surface area (Å²) in [7, 11) is 0. The van der Waals surface area contributed by atoms with Crippen molar-refractivity contribution >= 4 is 10.8 Å². The Morgan fingerprint density at radius 2 is 1.03 bits per heavy atom. The second kappa shape index (κ2) is 11.9. The Bertz CT molecular complexity index is 1150. The van der Waals surface area contributed by atoms with Crippen molar-refractivity contribution < 1.29 is 0 Å². The standard InChI is InChI=1S/C14H16.C11H16.C10H15N/c1-14(2,3)13-10-6-8-11-7-4-5-9-12(11)13;1-9-5-7-10(8-6-9)11(2,3)4;1-8-5-6-9(7-11-8)10(2,3)4/h4-10H,1-3H3;5-8H,1-4H3;5-7H,1-4H3. The fraction of sp³-hybridized carbons (Fsp3) is 0.400. The predicted molar refractivity (Wildman–Crippen MR) is 160 cm³/mol. The van der Waals surface area contributed by atoms with Crippen LogP contribution >= 0.6 is 0 Å². The number of aromatic nitrogens is 1. The van der Waals surface area contributed by atoms with Crippen LogP contribution in [0.5, 0.6) is 0 Å². The van der Waals surface area contributed by atoms with E-state index in [1.807, 2.05) is 13.1 Å². The van der Waals surface area contributed by atoms with Crippen molar-refractivity contribution in [2.24, 2.45) is 0 Å². The van der Waals surface area contributed by atoms with E-state index in [0.717, 1.165) is 5.69 Å². The van der Waals surface area contributed by atoms with Crippen molar-refractivity contribution in [1.82, 2.24) is 4.98 Å². The van der Waals surface area contributed by atoms with Gasteiger partial charge in [0.05, 0.1) is 0 Å². The highest BCUT2D eigenvalue weighted by Gasteiger charge is 2.16. The van der Waals surface area contributed by atoms with E-state index in [1.165, 1.54) is 33.0 Å². The molecule has 0 amide bonds. The lowest BCUT2D eigenvalue weighted by Gasteiger charge is -2.21. The Hall–Kier alpha value is -2.93. The van der Waals surface area contributed by atoms with E-state index in [0.29, 0.717) is 0 Å². The van der Waals surface area contributed by atoms with E-state index >= 15 is 0 Å². The van der Waals surface area contributed by atoms with E-state index < -0.39 is 0 Å². The van der Waals surface area contributed by atoms with Crippen LogP contribution in [0.3, 0.4) is 0 Å². The first-order chi connectivity index (χ1) is 16.6. The first-order valence-corrected chi connectivity index (χ1v) is 13.1. The van der Waals surface area contributed by atoms with Gasteiger partial charge in [-0.15, -0.1) is 0 Å². The highest BCUT2D eigenvalue weighted by Crippen LogP contribution is 2.29. The maximum Gasteiger partial charge on any atom is 0.0372 e. The van der Waals surface area contributed by atoms with Gasteiger partial charge in [-0.05, 0) is 63.6 Å². The number of rotatable bonds is 0. The molecule has 36 heavy (non-hydrogen) atoms. The van der Waals surface area contributed by atoms with Crippen LogP contribution in [0.1, 0.15) is 90.3 Å². The highest BCUT2D eigenvalue weighted by molar-refractivity contribution is 5.86.